The van der Waals surface area contributed by atoms with E-state index in [1.807, 2.05) is 54.3 Å². The van der Waals surface area contributed by atoms with Crippen LogP contribution in [-0.2, 0) is 6.54 Å². The van der Waals surface area contributed by atoms with E-state index in [4.69, 9.17) is 4.74 Å². The van der Waals surface area contributed by atoms with Gasteiger partial charge >= 0.3 is 6.36 Å². The van der Waals surface area contributed by atoms with E-state index < -0.39 is 6.36 Å². The second-order valence-electron chi connectivity index (χ2n) is 9.11. The average molecular weight is 501 g/mol. The highest BCUT2D eigenvalue weighted by Gasteiger charge is 2.39. The maximum atomic E-state index is 12.5. The standard InChI is InChI=1S/C20H21F3N2O2.C8H10O/c1-14(26)16-8-4-5-9-17(16)24-19(2)12-25(13-19)11-15-7-3-6-10-18(15)27-20(21,22)23;1-7-3-5-8(9-2)6-4-7/h3-10,24H,11-13H2,1-2H3;3-6H,1-2H3. The summed E-state index contributed by atoms with van der Waals surface area (Å²) in [5.41, 5.74) is 2.89. The number of nitrogens with zero attached hydrogens (tertiary/aromatic N) is 1. The van der Waals surface area contributed by atoms with Gasteiger partial charge in [0, 0.05) is 36.4 Å². The Hall–Kier alpha value is -3.52. The number of carbonyl (C=O) groups excluding carboxylic acids is 1. The number of hydrogen-bond donors (Lipinski definition) is 1. The lowest BCUT2D eigenvalue weighted by molar-refractivity contribution is -0.275. The molecule has 0 spiro atoms. The second kappa shape index (κ2) is 11.5. The van der Waals surface area contributed by atoms with Crippen molar-refractivity contribution in [3.05, 3.63) is 89.5 Å². The highest BCUT2D eigenvalue weighted by atomic mass is 19.4. The first-order valence-corrected chi connectivity index (χ1v) is 11.5. The molecule has 0 bridgehead atoms. The van der Waals surface area contributed by atoms with Crippen LogP contribution < -0.4 is 14.8 Å². The van der Waals surface area contributed by atoms with Crippen LogP contribution in [0, 0.1) is 6.92 Å². The van der Waals surface area contributed by atoms with Gasteiger partial charge in [-0.15, -0.1) is 13.2 Å². The summed E-state index contributed by atoms with van der Waals surface area (Å²) in [6, 6.07) is 21.4. The van der Waals surface area contributed by atoms with Gasteiger partial charge in [0.15, 0.2) is 5.78 Å². The van der Waals surface area contributed by atoms with Gasteiger partial charge in [-0.3, -0.25) is 9.69 Å². The minimum absolute atomic E-state index is 0.0175. The topological polar surface area (TPSA) is 50.8 Å². The SMILES string of the molecule is CC(=O)c1ccccc1NC1(C)CN(Cc2ccccc2OC(F)(F)F)C1.COc1ccc(C)cc1. The molecule has 0 aromatic heterocycles. The molecule has 0 aliphatic carbocycles. The van der Waals surface area contributed by atoms with Crippen molar-refractivity contribution >= 4 is 11.5 Å². The summed E-state index contributed by atoms with van der Waals surface area (Å²) in [4.78, 5) is 13.8. The number of ether oxygens (including phenoxy) is 2. The van der Waals surface area contributed by atoms with Crippen LogP contribution in [0.4, 0.5) is 18.9 Å². The fraction of sp³-hybridized carbons (Fsp3) is 0.321. The monoisotopic (exact) mass is 500 g/mol. The van der Waals surface area contributed by atoms with E-state index in [0.717, 1.165) is 11.4 Å². The Bertz CT molecular complexity index is 1160. The number of anilines is 1. The van der Waals surface area contributed by atoms with Crippen LogP contribution in [0.1, 0.15) is 35.3 Å². The van der Waals surface area contributed by atoms with Crippen molar-refractivity contribution < 1.29 is 27.4 Å². The molecular formula is C28H31F3N2O3. The lowest BCUT2D eigenvalue weighted by Crippen LogP contribution is -2.63. The van der Waals surface area contributed by atoms with Crippen LogP contribution in [0.3, 0.4) is 0 Å². The Morgan fingerprint density at radius 2 is 1.61 bits per heavy atom. The summed E-state index contributed by atoms with van der Waals surface area (Å²) >= 11 is 0. The van der Waals surface area contributed by atoms with Crippen molar-refractivity contribution in [3.8, 4) is 11.5 Å². The number of nitrogens with one attached hydrogen (secondary N) is 1. The number of likely N-dealkylation sites (tertiary alicyclic amines) is 1. The van der Waals surface area contributed by atoms with Crippen LogP contribution in [0.5, 0.6) is 11.5 Å². The Balaban J connectivity index is 0.000000338. The molecule has 8 heteroatoms. The lowest BCUT2D eigenvalue weighted by atomic mass is 9.90. The Kier molecular flexibility index (Phi) is 8.63. The zero-order valence-electron chi connectivity index (χ0n) is 20.9. The van der Waals surface area contributed by atoms with E-state index in [0.29, 0.717) is 30.8 Å². The number of benzene rings is 3. The third-order valence-electron chi connectivity index (χ3n) is 5.74. The van der Waals surface area contributed by atoms with Crippen molar-refractivity contribution in [3.63, 3.8) is 0 Å². The molecule has 0 radical (unpaired) electrons. The fourth-order valence-corrected chi connectivity index (χ4v) is 4.13. The number of para-hydroxylation sites is 2. The van der Waals surface area contributed by atoms with Crippen molar-refractivity contribution in [1.82, 2.24) is 4.90 Å². The molecule has 4 rings (SSSR count). The predicted molar refractivity (Wildman–Crippen MR) is 135 cm³/mol. The van der Waals surface area contributed by atoms with Crippen LogP contribution in [0.15, 0.2) is 72.8 Å². The molecule has 0 saturated carbocycles. The molecule has 1 aliphatic heterocycles. The normalized spacial score (nSPS) is 14.6. The summed E-state index contributed by atoms with van der Waals surface area (Å²) in [5.74, 6) is 0.727. The summed E-state index contributed by atoms with van der Waals surface area (Å²) in [5, 5.41) is 3.40. The number of carbonyl (C=O) groups is 1. The van der Waals surface area contributed by atoms with Crippen LogP contribution >= 0.6 is 0 Å². The van der Waals surface area contributed by atoms with E-state index in [-0.39, 0.29) is 17.1 Å². The quantitative estimate of drug-likeness (QED) is 0.377. The molecular weight excluding hydrogens is 469 g/mol. The molecule has 192 valence electrons. The third kappa shape index (κ3) is 7.75. The maximum absolute atomic E-state index is 12.5. The summed E-state index contributed by atoms with van der Waals surface area (Å²) in [6.45, 7) is 7.24. The molecule has 1 N–H and O–H groups in total. The van der Waals surface area contributed by atoms with E-state index in [1.165, 1.54) is 24.6 Å². The highest BCUT2D eigenvalue weighted by molar-refractivity contribution is 5.99. The Morgan fingerprint density at radius 3 is 2.22 bits per heavy atom. The Morgan fingerprint density at radius 1 is 1.00 bits per heavy atom. The molecule has 1 saturated heterocycles. The van der Waals surface area contributed by atoms with Crippen molar-refractivity contribution in [2.75, 3.05) is 25.5 Å². The second-order valence-corrected chi connectivity index (χ2v) is 9.11. The minimum atomic E-state index is -4.71. The first-order valence-electron chi connectivity index (χ1n) is 11.5. The van der Waals surface area contributed by atoms with Gasteiger partial charge in [0.05, 0.1) is 12.6 Å². The van der Waals surface area contributed by atoms with Crippen molar-refractivity contribution in [2.24, 2.45) is 0 Å². The summed E-state index contributed by atoms with van der Waals surface area (Å²) in [7, 11) is 1.67. The van der Waals surface area contributed by atoms with Crippen LogP contribution in [-0.4, -0.2) is 42.8 Å². The smallest absolute Gasteiger partial charge is 0.497 e. The number of ketones is 1. The molecule has 1 fully saturated rings. The molecule has 1 heterocycles. The number of halogens is 3. The van der Waals surface area contributed by atoms with E-state index in [1.54, 1.807) is 25.3 Å². The number of Topliss-reactive ketones (excluding diaryl/α,β-unsaturated/α-hetero) is 1. The molecule has 0 amide bonds. The average Bonchev–Trinajstić information content (AvgIpc) is 2.79. The van der Waals surface area contributed by atoms with Crippen molar-refractivity contribution in [1.29, 1.82) is 0 Å². The van der Waals surface area contributed by atoms with Gasteiger partial charge in [0.2, 0.25) is 0 Å². The van der Waals surface area contributed by atoms with Crippen LogP contribution in [0.25, 0.3) is 0 Å². The molecule has 5 nitrogen and oxygen atoms in total. The number of aryl methyl sites for hydroxylation is 1. The summed E-state index contributed by atoms with van der Waals surface area (Å²) < 4.78 is 46.7. The molecule has 3 aromatic carbocycles. The van der Waals surface area contributed by atoms with Gasteiger partial charge in [0.25, 0.3) is 0 Å². The van der Waals surface area contributed by atoms with Gasteiger partial charge in [-0.1, -0.05) is 48.0 Å². The van der Waals surface area contributed by atoms with Gasteiger partial charge in [-0.2, -0.15) is 0 Å². The number of alkyl halides is 3. The molecule has 3 aromatic rings. The zero-order chi connectivity index (χ0) is 26.3. The van der Waals surface area contributed by atoms with E-state index in [2.05, 4.69) is 17.0 Å². The number of methoxy groups -OCH3 is 1. The third-order valence-corrected chi connectivity index (χ3v) is 5.74. The Labute approximate surface area is 209 Å². The largest absolute Gasteiger partial charge is 0.573 e. The van der Waals surface area contributed by atoms with Gasteiger partial charge in [-0.25, -0.2) is 0 Å². The first-order chi connectivity index (χ1) is 17.0. The molecule has 1 aliphatic rings. The van der Waals surface area contributed by atoms with E-state index >= 15 is 0 Å². The molecule has 0 atom stereocenters. The highest BCUT2D eigenvalue weighted by Crippen LogP contribution is 2.32. The van der Waals surface area contributed by atoms with Gasteiger partial charge < -0.3 is 14.8 Å². The van der Waals surface area contributed by atoms with Gasteiger partial charge in [-0.05, 0) is 51.1 Å². The molecule has 0 unspecified atom stereocenters. The first kappa shape index (κ1) is 27.1. The van der Waals surface area contributed by atoms with Crippen molar-refractivity contribution in [2.45, 2.75) is 39.2 Å². The van der Waals surface area contributed by atoms with Crippen LogP contribution in [0.2, 0.25) is 0 Å². The molecule has 36 heavy (non-hydrogen) atoms. The summed E-state index contributed by atoms with van der Waals surface area (Å²) in [6.07, 6.45) is -4.71. The zero-order valence-corrected chi connectivity index (χ0v) is 20.9. The fourth-order valence-electron chi connectivity index (χ4n) is 4.13. The maximum Gasteiger partial charge on any atom is 0.573 e. The number of rotatable bonds is 7. The van der Waals surface area contributed by atoms with E-state index in [9.17, 15) is 18.0 Å². The minimum Gasteiger partial charge on any atom is -0.497 e. The lowest BCUT2D eigenvalue weighted by Gasteiger charge is -2.49. The predicted octanol–water partition coefficient (Wildman–Crippen LogP) is 6.48. The number of hydrogen-bond acceptors (Lipinski definition) is 5. The van der Waals surface area contributed by atoms with Gasteiger partial charge in [0.1, 0.15) is 11.5 Å².